The molecule has 0 aromatic heterocycles. The molecule has 2 saturated heterocycles. The van der Waals surface area contributed by atoms with Gasteiger partial charge >= 0.3 is 6.18 Å². The molecule has 0 N–H and O–H groups in total. The second-order valence-electron chi connectivity index (χ2n) is 9.19. The molecule has 1 atom stereocenters. The number of hydrogen-bond acceptors (Lipinski definition) is 3. The number of piperazine rings is 1. The molecule has 0 spiro atoms. The van der Waals surface area contributed by atoms with Crippen LogP contribution >= 0.6 is 0 Å². The fourth-order valence-corrected chi connectivity index (χ4v) is 5.63. The summed E-state index contributed by atoms with van der Waals surface area (Å²) < 4.78 is 39.2. The lowest BCUT2D eigenvalue weighted by atomic mass is 10.00. The third-order valence-corrected chi connectivity index (χ3v) is 7.34. The van der Waals surface area contributed by atoms with Crippen molar-refractivity contribution in [1.82, 2.24) is 9.80 Å². The Bertz CT molecular complexity index is 880. The van der Waals surface area contributed by atoms with Crippen LogP contribution in [0.3, 0.4) is 0 Å². The quantitative estimate of drug-likeness (QED) is 0.713. The summed E-state index contributed by atoms with van der Waals surface area (Å²) in [7, 11) is 0. The molecule has 2 aromatic rings. The van der Waals surface area contributed by atoms with E-state index in [4.69, 9.17) is 0 Å². The van der Waals surface area contributed by atoms with Crippen LogP contribution in [-0.2, 0) is 19.0 Å². The van der Waals surface area contributed by atoms with Crippen LogP contribution in [0, 0.1) is 0 Å². The van der Waals surface area contributed by atoms with E-state index in [1.54, 1.807) is 6.07 Å². The van der Waals surface area contributed by atoms with E-state index in [-0.39, 0.29) is 0 Å². The Morgan fingerprint density at radius 1 is 0.742 bits per heavy atom. The molecule has 3 nitrogen and oxygen atoms in total. The van der Waals surface area contributed by atoms with Crippen molar-refractivity contribution < 1.29 is 13.2 Å². The number of likely N-dealkylation sites (tertiary alicyclic amines) is 1. The van der Waals surface area contributed by atoms with Gasteiger partial charge in [-0.3, -0.25) is 9.80 Å². The van der Waals surface area contributed by atoms with Crippen molar-refractivity contribution in [1.29, 1.82) is 0 Å². The van der Waals surface area contributed by atoms with Gasteiger partial charge < -0.3 is 4.90 Å². The summed E-state index contributed by atoms with van der Waals surface area (Å²) in [6, 6.07) is 15.7. The molecule has 0 bridgehead atoms. The molecule has 2 aliphatic heterocycles. The Labute approximate surface area is 182 Å². The zero-order valence-electron chi connectivity index (χ0n) is 17.8. The first-order chi connectivity index (χ1) is 15.0. The van der Waals surface area contributed by atoms with Crippen molar-refractivity contribution in [2.75, 3.05) is 44.2 Å². The molecule has 6 heteroatoms. The van der Waals surface area contributed by atoms with Crippen molar-refractivity contribution in [2.24, 2.45) is 0 Å². The monoisotopic (exact) mass is 429 g/mol. The number of alkyl halides is 3. The largest absolute Gasteiger partial charge is 0.416 e. The molecule has 1 unspecified atom stereocenters. The Balaban J connectivity index is 1.18. The fraction of sp³-hybridized carbons (Fsp3) is 0.520. The van der Waals surface area contributed by atoms with Crippen LogP contribution < -0.4 is 4.90 Å². The predicted molar refractivity (Wildman–Crippen MR) is 117 cm³/mol. The van der Waals surface area contributed by atoms with E-state index in [2.05, 4.69) is 39.0 Å². The molecule has 0 radical (unpaired) electrons. The third kappa shape index (κ3) is 4.46. The van der Waals surface area contributed by atoms with Crippen LogP contribution in [0.1, 0.15) is 29.5 Å². The van der Waals surface area contributed by atoms with Crippen molar-refractivity contribution >= 4 is 5.69 Å². The maximum atomic E-state index is 13.1. The van der Waals surface area contributed by atoms with E-state index in [0.717, 1.165) is 51.6 Å². The summed E-state index contributed by atoms with van der Waals surface area (Å²) in [5.41, 5.74) is 3.13. The van der Waals surface area contributed by atoms with E-state index in [1.165, 1.54) is 42.6 Å². The molecule has 166 valence electrons. The summed E-state index contributed by atoms with van der Waals surface area (Å²) in [6.07, 6.45) is 0.479. The number of piperidine rings is 1. The first-order valence-corrected chi connectivity index (χ1v) is 11.4. The average molecular weight is 430 g/mol. The topological polar surface area (TPSA) is 9.72 Å². The number of benzene rings is 2. The van der Waals surface area contributed by atoms with Crippen LogP contribution in [-0.4, -0.2) is 61.2 Å². The lowest BCUT2D eigenvalue weighted by Gasteiger charge is -2.45. The Hall–Kier alpha value is -2.05. The van der Waals surface area contributed by atoms with Gasteiger partial charge in [-0.15, -0.1) is 0 Å². The molecule has 0 amide bonds. The van der Waals surface area contributed by atoms with E-state index in [0.29, 0.717) is 17.8 Å². The van der Waals surface area contributed by atoms with Crippen LogP contribution in [0.2, 0.25) is 0 Å². The molecule has 2 aromatic carbocycles. The first kappa shape index (κ1) is 20.8. The standard InChI is InChI=1S/C25H30F3N3/c26-25(27,28)21-7-3-8-22(17-21)29-11-13-30(14-12-29)23-9-4-10-31(18-23)24-15-19-5-1-2-6-20(19)16-24/h1-3,5-8,17,23-24H,4,9-16,18H2. The minimum absolute atomic E-state index is 0.557. The molecular formula is C25H30F3N3. The predicted octanol–water partition coefficient (Wildman–Crippen LogP) is 4.46. The molecule has 2 heterocycles. The van der Waals surface area contributed by atoms with Gasteiger partial charge in [0.2, 0.25) is 0 Å². The van der Waals surface area contributed by atoms with Gasteiger partial charge in [0.15, 0.2) is 0 Å². The van der Waals surface area contributed by atoms with Gasteiger partial charge in [0, 0.05) is 50.5 Å². The van der Waals surface area contributed by atoms with E-state index in [1.807, 2.05) is 0 Å². The summed E-state index contributed by atoms with van der Waals surface area (Å²) >= 11 is 0. The zero-order valence-corrected chi connectivity index (χ0v) is 17.8. The Morgan fingerprint density at radius 3 is 2.13 bits per heavy atom. The molecular weight excluding hydrogens is 399 g/mol. The fourth-order valence-electron chi connectivity index (χ4n) is 5.63. The number of halogens is 3. The van der Waals surface area contributed by atoms with Gasteiger partial charge in [0.25, 0.3) is 0 Å². The highest BCUT2D eigenvalue weighted by Gasteiger charge is 2.34. The number of rotatable bonds is 3. The van der Waals surface area contributed by atoms with Crippen molar-refractivity contribution in [3.8, 4) is 0 Å². The van der Waals surface area contributed by atoms with Gasteiger partial charge in [-0.25, -0.2) is 0 Å². The van der Waals surface area contributed by atoms with Crippen molar-refractivity contribution in [3.63, 3.8) is 0 Å². The van der Waals surface area contributed by atoms with E-state index >= 15 is 0 Å². The lowest BCUT2D eigenvalue weighted by molar-refractivity contribution is -0.137. The zero-order chi connectivity index (χ0) is 21.4. The van der Waals surface area contributed by atoms with Crippen molar-refractivity contribution in [2.45, 2.75) is 43.9 Å². The second kappa shape index (κ2) is 8.47. The van der Waals surface area contributed by atoms with E-state index in [9.17, 15) is 13.2 Å². The number of hydrogen-bond donors (Lipinski definition) is 0. The highest BCUT2D eigenvalue weighted by molar-refractivity contribution is 5.49. The normalized spacial score (nSPS) is 23.8. The molecule has 3 aliphatic rings. The Kier molecular flexibility index (Phi) is 5.69. The molecule has 0 saturated carbocycles. The Morgan fingerprint density at radius 2 is 1.45 bits per heavy atom. The first-order valence-electron chi connectivity index (χ1n) is 11.4. The maximum absolute atomic E-state index is 13.1. The summed E-state index contributed by atoms with van der Waals surface area (Å²) in [4.78, 5) is 7.35. The molecule has 2 fully saturated rings. The summed E-state index contributed by atoms with van der Waals surface area (Å²) in [6.45, 7) is 5.69. The number of anilines is 1. The smallest absolute Gasteiger partial charge is 0.369 e. The maximum Gasteiger partial charge on any atom is 0.416 e. The molecule has 31 heavy (non-hydrogen) atoms. The highest BCUT2D eigenvalue weighted by atomic mass is 19.4. The highest BCUT2D eigenvalue weighted by Crippen LogP contribution is 2.32. The van der Waals surface area contributed by atoms with Crippen LogP contribution in [0.4, 0.5) is 18.9 Å². The molecule has 5 rings (SSSR count). The van der Waals surface area contributed by atoms with Gasteiger partial charge in [0.1, 0.15) is 0 Å². The van der Waals surface area contributed by atoms with Gasteiger partial charge in [0.05, 0.1) is 5.56 Å². The SMILES string of the molecule is FC(F)(F)c1cccc(N2CCN(C3CCCN(C4Cc5ccccc5C4)C3)CC2)c1. The third-order valence-electron chi connectivity index (χ3n) is 7.34. The molecule has 1 aliphatic carbocycles. The summed E-state index contributed by atoms with van der Waals surface area (Å²) in [5, 5.41) is 0. The average Bonchev–Trinajstić information content (AvgIpc) is 3.23. The van der Waals surface area contributed by atoms with Gasteiger partial charge in [-0.2, -0.15) is 13.2 Å². The van der Waals surface area contributed by atoms with Gasteiger partial charge in [-0.05, 0) is 61.6 Å². The minimum atomic E-state index is -4.29. The van der Waals surface area contributed by atoms with Crippen LogP contribution in [0.5, 0.6) is 0 Å². The van der Waals surface area contributed by atoms with Crippen LogP contribution in [0.15, 0.2) is 48.5 Å². The lowest BCUT2D eigenvalue weighted by Crippen LogP contribution is -2.56. The van der Waals surface area contributed by atoms with E-state index < -0.39 is 11.7 Å². The second-order valence-corrected chi connectivity index (χ2v) is 9.19. The minimum Gasteiger partial charge on any atom is -0.369 e. The van der Waals surface area contributed by atoms with Crippen molar-refractivity contribution in [3.05, 3.63) is 65.2 Å². The number of fused-ring (bicyclic) bond motifs is 1. The summed E-state index contributed by atoms with van der Waals surface area (Å²) in [5.74, 6) is 0. The van der Waals surface area contributed by atoms with Gasteiger partial charge in [-0.1, -0.05) is 30.3 Å². The number of nitrogens with zero attached hydrogens (tertiary/aromatic N) is 3. The van der Waals surface area contributed by atoms with Crippen LogP contribution in [0.25, 0.3) is 0 Å².